The third-order valence-electron chi connectivity index (χ3n) is 3.38. The molecular formula is C16H24BNO6. The second-order valence-corrected chi connectivity index (χ2v) is 6.54. The Morgan fingerprint density at radius 2 is 2.17 bits per heavy atom. The normalized spacial score (nSPS) is 16.7. The minimum absolute atomic E-state index is 0.0382. The van der Waals surface area contributed by atoms with Crippen molar-refractivity contribution in [3.8, 4) is 5.75 Å². The van der Waals surface area contributed by atoms with Crippen molar-refractivity contribution in [1.82, 2.24) is 5.32 Å². The first-order chi connectivity index (χ1) is 11.3. The van der Waals surface area contributed by atoms with Crippen molar-refractivity contribution < 1.29 is 29.1 Å². The Kier molecular flexibility index (Phi) is 6.09. The summed E-state index contributed by atoms with van der Waals surface area (Å²) in [6, 6.07) is 5.37. The molecule has 1 aliphatic heterocycles. The summed E-state index contributed by atoms with van der Waals surface area (Å²) in [5.41, 5.74) is 0.748. The third-order valence-corrected chi connectivity index (χ3v) is 3.38. The van der Waals surface area contributed by atoms with E-state index in [1.54, 1.807) is 32.9 Å². The van der Waals surface area contributed by atoms with E-state index >= 15 is 0 Å². The lowest BCUT2D eigenvalue weighted by Crippen LogP contribution is -2.35. The van der Waals surface area contributed by atoms with E-state index in [0.717, 1.165) is 5.56 Å². The van der Waals surface area contributed by atoms with Gasteiger partial charge in [-0.3, -0.25) is 0 Å². The molecule has 0 saturated heterocycles. The van der Waals surface area contributed by atoms with Gasteiger partial charge in [0.2, 0.25) is 0 Å². The number of nitrogens with one attached hydrogen (secondary N) is 1. The number of alkyl carbamates (subject to hydrolysis) is 1. The molecular weight excluding hydrogens is 313 g/mol. The average molecular weight is 337 g/mol. The zero-order valence-corrected chi connectivity index (χ0v) is 14.2. The first-order valence-corrected chi connectivity index (χ1v) is 7.98. The van der Waals surface area contributed by atoms with Crippen molar-refractivity contribution >= 4 is 18.7 Å². The van der Waals surface area contributed by atoms with Crippen LogP contribution in [0, 0.1) is 0 Å². The number of fused-ring (bicyclic) bond motifs is 1. The molecule has 0 bridgehead atoms. The standard InChI is InChI=1S/C16H24BNO6/c1-16(2,3)23-15(20)18-10-13-11-6-4-7-12(22-9-5-8-19)14(11)17(21)24-13/h4,6-7,13,19,21H,5,8-10H2,1-3H3,(H,18,20)/t13-/m1/s1. The van der Waals surface area contributed by atoms with Gasteiger partial charge in [0, 0.05) is 25.0 Å². The molecule has 1 atom stereocenters. The van der Waals surface area contributed by atoms with Crippen LogP contribution in [0.1, 0.15) is 38.9 Å². The van der Waals surface area contributed by atoms with Gasteiger partial charge in [-0.15, -0.1) is 0 Å². The first-order valence-electron chi connectivity index (χ1n) is 7.98. The Hall–Kier alpha value is -1.77. The summed E-state index contributed by atoms with van der Waals surface area (Å²) in [6.45, 7) is 5.92. The number of aliphatic hydroxyl groups is 1. The number of amides is 1. The summed E-state index contributed by atoms with van der Waals surface area (Å²) in [7, 11) is -1.12. The van der Waals surface area contributed by atoms with Crippen LogP contribution in [0.25, 0.3) is 0 Å². The molecule has 1 heterocycles. The molecule has 3 N–H and O–H groups in total. The smallest absolute Gasteiger partial charge is 0.494 e. The minimum atomic E-state index is -1.12. The maximum atomic E-state index is 11.8. The average Bonchev–Trinajstić information content (AvgIpc) is 2.81. The van der Waals surface area contributed by atoms with Crippen LogP contribution in [-0.4, -0.2) is 48.7 Å². The molecule has 1 aliphatic rings. The second kappa shape index (κ2) is 7.87. The lowest BCUT2D eigenvalue weighted by Gasteiger charge is -2.21. The van der Waals surface area contributed by atoms with Gasteiger partial charge in [-0.1, -0.05) is 12.1 Å². The third kappa shape index (κ3) is 4.86. The second-order valence-electron chi connectivity index (χ2n) is 6.54. The van der Waals surface area contributed by atoms with E-state index in [4.69, 9.17) is 19.2 Å². The maximum Gasteiger partial charge on any atom is 0.495 e. The van der Waals surface area contributed by atoms with E-state index < -0.39 is 24.9 Å². The number of carbonyl (C=O) groups is 1. The van der Waals surface area contributed by atoms with Gasteiger partial charge in [0.15, 0.2) is 0 Å². The van der Waals surface area contributed by atoms with Gasteiger partial charge in [-0.25, -0.2) is 4.79 Å². The monoisotopic (exact) mass is 337 g/mol. The van der Waals surface area contributed by atoms with Crippen LogP contribution in [0.15, 0.2) is 18.2 Å². The Balaban J connectivity index is 2.02. The number of aliphatic hydroxyl groups excluding tert-OH is 1. The molecule has 132 valence electrons. The van der Waals surface area contributed by atoms with Crippen molar-refractivity contribution in [3.05, 3.63) is 23.8 Å². The number of ether oxygens (including phenoxy) is 2. The van der Waals surface area contributed by atoms with E-state index in [1.807, 2.05) is 6.07 Å². The van der Waals surface area contributed by atoms with Crippen molar-refractivity contribution in [2.75, 3.05) is 19.8 Å². The van der Waals surface area contributed by atoms with Crippen molar-refractivity contribution in [1.29, 1.82) is 0 Å². The zero-order valence-electron chi connectivity index (χ0n) is 14.2. The van der Waals surface area contributed by atoms with E-state index in [-0.39, 0.29) is 13.2 Å². The minimum Gasteiger partial charge on any atom is -0.494 e. The fourth-order valence-corrected chi connectivity index (χ4v) is 2.42. The Labute approximate surface area is 142 Å². The predicted molar refractivity (Wildman–Crippen MR) is 89.3 cm³/mol. The van der Waals surface area contributed by atoms with Crippen molar-refractivity contribution in [2.45, 2.75) is 38.9 Å². The highest BCUT2D eigenvalue weighted by Gasteiger charge is 2.38. The quantitative estimate of drug-likeness (QED) is 0.523. The molecule has 7 nitrogen and oxygen atoms in total. The van der Waals surface area contributed by atoms with E-state index in [2.05, 4.69) is 5.32 Å². The Bertz CT molecular complexity index is 574. The van der Waals surface area contributed by atoms with Crippen LogP contribution in [0.3, 0.4) is 0 Å². The number of carbonyl (C=O) groups excluding carboxylic acids is 1. The lowest BCUT2D eigenvalue weighted by molar-refractivity contribution is 0.0498. The highest BCUT2D eigenvalue weighted by molar-refractivity contribution is 6.62. The molecule has 0 unspecified atom stereocenters. The van der Waals surface area contributed by atoms with E-state index in [0.29, 0.717) is 24.2 Å². The van der Waals surface area contributed by atoms with Gasteiger partial charge in [0.1, 0.15) is 11.4 Å². The molecule has 1 amide bonds. The molecule has 2 rings (SSSR count). The molecule has 8 heteroatoms. The van der Waals surface area contributed by atoms with Gasteiger partial charge in [-0.05, 0) is 32.4 Å². The van der Waals surface area contributed by atoms with E-state index in [1.165, 1.54) is 0 Å². The summed E-state index contributed by atoms with van der Waals surface area (Å²) in [6.07, 6.45) is -0.516. The molecule has 0 saturated carbocycles. The van der Waals surface area contributed by atoms with Gasteiger partial charge >= 0.3 is 13.2 Å². The van der Waals surface area contributed by atoms with Crippen LogP contribution in [0.4, 0.5) is 4.79 Å². The van der Waals surface area contributed by atoms with Gasteiger partial charge in [0.05, 0.1) is 12.7 Å². The van der Waals surface area contributed by atoms with Crippen LogP contribution in [-0.2, 0) is 9.39 Å². The SMILES string of the molecule is CC(C)(C)OC(=O)NC[C@H]1OB(O)c2c(OCCCO)cccc21. The number of rotatable bonds is 6. The largest absolute Gasteiger partial charge is 0.495 e. The summed E-state index contributed by atoms with van der Waals surface area (Å²) in [5, 5.41) is 21.6. The van der Waals surface area contributed by atoms with Crippen molar-refractivity contribution in [2.24, 2.45) is 0 Å². The van der Waals surface area contributed by atoms with E-state index in [9.17, 15) is 9.82 Å². The maximum absolute atomic E-state index is 11.8. The Morgan fingerprint density at radius 3 is 2.83 bits per heavy atom. The number of hydrogen-bond acceptors (Lipinski definition) is 6. The molecule has 1 aromatic carbocycles. The summed E-state index contributed by atoms with van der Waals surface area (Å²) in [5.74, 6) is 0.521. The lowest BCUT2D eigenvalue weighted by atomic mass is 9.78. The summed E-state index contributed by atoms with van der Waals surface area (Å²) < 4.78 is 16.3. The Morgan fingerprint density at radius 1 is 1.42 bits per heavy atom. The number of hydrogen-bond donors (Lipinski definition) is 3. The van der Waals surface area contributed by atoms with Crippen LogP contribution in [0.5, 0.6) is 5.75 Å². The predicted octanol–water partition coefficient (Wildman–Crippen LogP) is 0.731. The van der Waals surface area contributed by atoms with Crippen LogP contribution in [0.2, 0.25) is 0 Å². The molecule has 0 fully saturated rings. The zero-order chi connectivity index (χ0) is 17.7. The van der Waals surface area contributed by atoms with Crippen molar-refractivity contribution in [3.63, 3.8) is 0 Å². The van der Waals surface area contributed by atoms with Gasteiger partial charge in [-0.2, -0.15) is 0 Å². The number of benzene rings is 1. The molecule has 0 aliphatic carbocycles. The first kappa shape index (κ1) is 18.6. The fraction of sp³-hybridized carbons (Fsp3) is 0.562. The highest BCUT2D eigenvalue weighted by Crippen LogP contribution is 2.27. The molecule has 0 spiro atoms. The van der Waals surface area contributed by atoms with Gasteiger partial charge < -0.3 is 29.6 Å². The molecule has 1 aromatic rings. The molecule has 0 radical (unpaired) electrons. The van der Waals surface area contributed by atoms with Crippen LogP contribution >= 0.6 is 0 Å². The summed E-state index contributed by atoms with van der Waals surface area (Å²) in [4.78, 5) is 11.8. The topological polar surface area (TPSA) is 97.3 Å². The fourth-order valence-electron chi connectivity index (χ4n) is 2.42. The summed E-state index contributed by atoms with van der Waals surface area (Å²) >= 11 is 0. The highest BCUT2D eigenvalue weighted by atomic mass is 16.6. The molecule has 0 aromatic heterocycles. The molecule has 24 heavy (non-hydrogen) atoms. The van der Waals surface area contributed by atoms with Gasteiger partial charge in [0.25, 0.3) is 0 Å². The van der Waals surface area contributed by atoms with Crippen LogP contribution < -0.4 is 15.5 Å².